The summed E-state index contributed by atoms with van der Waals surface area (Å²) in [7, 11) is 0. The number of nitrogens with zero attached hydrogens (tertiary/aromatic N) is 1. The molecule has 0 aromatic carbocycles. The minimum atomic E-state index is -0.756. The van der Waals surface area contributed by atoms with Crippen LogP contribution in [0.3, 0.4) is 0 Å². The van der Waals surface area contributed by atoms with Crippen molar-refractivity contribution in [3.8, 4) is 0 Å². The molecule has 0 atom stereocenters. The highest BCUT2D eigenvalue weighted by Gasteiger charge is 2.11. The van der Waals surface area contributed by atoms with Gasteiger partial charge >= 0.3 is 5.69 Å². The average Bonchev–Trinajstić information content (AvgIpc) is 2.32. The monoisotopic (exact) mass is 310 g/mol. The number of H-pyrrole nitrogens is 2. The van der Waals surface area contributed by atoms with E-state index in [-0.39, 0.29) is 5.56 Å². The van der Waals surface area contributed by atoms with Gasteiger partial charge in [-0.15, -0.1) is 0 Å². The predicted octanol–water partition coefficient (Wildman–Crippen LogP) is 0.473. The first-order valence-corrected chi connectivity index (χ1v) is 5.60. The van der Waals surface area contributed by atoms with Crippen LogP contribution in [0.2, 0.25) is 0 Å². The first kappa shape index (κ1) is 12.2. The molecule has 0 fully saturated rings. The lowest BCUT2D eigenvalue weighted by Gasteiger charge is -2.02. The number of hydrogen-bond acceptors (Lipinski definition) is 4. The molecule has 0 unspecified atom stereocenters. The third-order valence-corrected chi connectivity index (χ3v) is 2.50. The van der Waals surface area contributed by atoms with E-state index in [1.165, 1.54) is 6.20 Å². The Balaban J connectivity index is 2.24. The van der Waals surface area contributed by atoms with Crippen molar-refractivity contribution >= 4 is 27.7 Å². The van der Waals surface area contributed by atoms with Crippen molar-refractivity contribution < 1.29 is 4.79 Å². The molecule has 2 aromatic rings. The number of anilines is 1. The fraction of sp³-hybridized carbons (Fsp3) is 0. The Hall–Kier alpha value is -2.22. The number of rotatable bonds is 2. The molecule has 0 aliphatic carbocycles. The van der Waals surface area contributed by atoms with Crippen LogP contribution in [0.15, 0.2) is 38.6 Å². The van der Waals surface area contributed by atoms with E-state index in [4.69, 9.17) is 0 Å². The molecule has 0 spiro atoms. The van der Waals surface area contributed by atoms with Crippen molar-refractivity contribution in [2.45, 2.75) is 0 Å². The van der Waals surface area contributed by atoms with Crippen LogP contribution in [0, 0.1) is 0 Å². The number of halogens is 1. The summed E-state index contributed by atoms with van der Waals surface area (Å²) >= 11 is 3.21. The molecule has 18 heavy (non-hydrogen) atoms. The maximum atomic E-state index is 11.7. The molecular formula is C10H7BrN4O3. The van der Waals surface area contributed by atoms with Crippen LogP contribution in [-0.4, -0.2) is 20.9 Å². The minimum absolute atomic E-state index is 0.195. The molecule has 0 saturated heterocycles. The Morgan fingerprint density at radius 2 is 2.11 bits per heavy atom. The second kappa shape index (κ2) is 4.96. The van der Waals surface area contributed by atoms with Crippen LogP contribution in [0.1, 0.15) is 10.4 Å². The summed E-state index contributed by atoms with van der Waals surface area (Å²) in [6, 6.07) is 3.27. The zero-order valence-electron chi connectivity index (χ0n) is 8.86. The highest BCUT2D eigenvalue weighted by atomic mass is 79.9. The highest BCUT2D eigenvalue weighted by Crippen LogP contribution is 2.10. The van der Waals surface area contributed by atoms with Gasteiger partial charge in [-0.3, -0.25) is 14.6 Å². The van der Waals surface area contributed by atoms with Crippen molar-refractivity contribution in [2.75, 3.05) is 5.32 Å². The Morgan fingerprint density at radius 3 is 2.72 bits per heavy atom. The number of amides is 1. The lowest BCUT2D eigenvalue weighted by Crippen LogP contribution is -2.29. The summed E-state index contributed by atoms with van der Waals surface area (Å²) in [5.41, 5.74) is -1.62. The van der Waals surface area contributed by atoms with Gasteiger partial charge in [0, 0.05) is 16.9 Å². The van der Waals surface area contributed by atoms with Crippen molar-refractivity contribution in [3.63, 3.8) is 0 Å². The predicted molar refractivity (Wildman–Crippen MR) is 67.6 cm³/mol. The van der Waals surface area contributed by atoms with Crippen LogP contribution in [0.5, 0.6) is 0 Å². The Bertz CT molecular complexity index is 689. The number of aromatic nitrogens is 3. The number of nitrogens with one attached hydrogen (secondary N) is 3. The summed E-state index contributed by atoms with van der Waals surface area (Å²) in [6.07, 6.45) is 2.56. The quantitative estimate of drug-likeness (QED) is 0.749. The Labute approximate surface area is 108 Å². The first-order valence-electron chi connectivity index (χ1n) is 4.81. The number of pyridine rings is 1. The number of aromatic amines is 2. The molecule has 2 aromatic heterocycles. The largest absolute Gasteiger partial charge is 0.325 e. The Morgan fingerprint density at radius 1 is 1.33 bits per heavy atom. The van der Waals surface area contributed by atoms with Crippen LogP contribution < -0.4 is 16.6 Å². The molecule has 0 radical (unpaired) electrons. The van der Waals surface area contributed by atoms with E-state index in [9.17, 15) is 14.4 Å². The van der Waals surface area contributed by atoms with Gasteiger partial charge in [-0.05, 0) is 28.1 Å². The summed E-state index contributed by atoms with van der Waals surface area (Å²) < 4.78 is 0.766. The summed E-state index contributed by atoms with van der Waals surface area (Å²) in [6.45, 7) is 0. The van der Waals surface area contributed by atoms with Crippen LogP contribution in [0.4, 0.5) is 5.82 Å². The maximum absolute atomic E-state index is 11.7. The fourth-order valence-electron chi connectivity index (χ4n) is 1.21. The molecule has 2 rings (SSSR count). The fourth-order valence-corrected chi connectivity index (χ4v) is 1.45. The molecule has 0 aliphatic rings. The lowest BCUT2D eigenvalue weighted by molar-refractivity contribution is 0.102. The van der Waals surface area contributed by atoms with Gasteiger partial charge < -0.3 is 10.3 Å². The molecule has 3 N–H and O–H groups in total. The van der Waals surface area contributed by atoms with Gasteiger partial charge in [0.05, 0.1) is 0 Å². The maximum Gasteiger partial charge on any atom is 0.325 e. The van der Waals surface area contributed by atoms with Crippen molar-refractivity contribution in [3.05, 3.63) is 55.4 Å². The summed E-state index contributed by atoms with van der Waals surface area (Å²) in [5.74, 6) is -0.351. The van der Waals surface area contributed by atoms with Gasteiger partial charge in [0.15, 0.2) is 0 Å². The molecule has 0 saturated carbocycles. The first-order chi connectivity index (χ1) is 8.56. The van der Waals surface area contributed by atoms with E-state index in [0.29, 0.717) is 5.82 Å². The van der Waals surface area contributed by atoms with Gasteiger partial charge in [0.2, 0.25) is 0 Å². The molecule has 0 bridgehead atoms. The third-order valence-electron chi connectivity index (χ3n) is 2.03. The van der Waals surface area contributed by atoms with E-state index in [1.54, 1.807) is 12.1 Å². The van der Waals surface area contributed by atoms with Gasteiger partial charge in [-0.2, -0.15) is 0 Å². The summed E-state index contributed by atoms with van der Waals surface area (Å²) in [4.78, 5) is 42.0. The minimum Gasteiger partial charge on any atom is -0.313 e. The molecule has 0 aliphatic heterocycles. The highest BCUT2D eigenvalue weighted by molar-refractivity contribution is 9.10. The van der Waals surface area contributed by atoms with E-state index in [0.717, 1.165) is 10.7 Å². The van der Waals surface area contributed by atoms with Crippen molar-refractivity contribution in [1.82, 2.24) is 15.0 Å². The topological polar surface area (TPSA) is 108 Å². The van der Waals surface area contributed by atoms with E-state index in [2.05, 4.69) is 31.2 Å². The molecule has 92 valence electrons. The molecule has 2 heterocycles. The van der Waals surface area contributed by atoms with E-state index >= 15 is 0 Å². The van der Waals surface area contributed by atoms with Crippen LogP contribution >= 0.6 is 15.9 Å². The second-order valence-electron chi connectivity index (χ2n) is 3.30. The van der Waals surface area contributed by atoms with E-state index in [1.807, 2.05) is 4.98 Å². The van der Waals surface area contributed by atoms with Crippen LogP contribution in [0.25, 0.3) is 0 Å². The SMILES string of the molecule is O=C(Nc1ccc(Br)cn1)c1c[nH]c(=O)[nH]c1=O. The standard InChI is InChI=1S/C10H7BrN4O3/c11-5-1-2-7(12-3-5)14-8(16)6-4-13-10(18)15-9(6)17/h1-4H,(H,12,14,16)(H2,13,15,17,18). The molecule has 8 heteroatoms. The second-order valence-corrected chi connectivity index (χ2v) is 4.22. The third kappa shape index (κ3) is 2.72. The lowest BCUT2D eigenvalue weighted by atomic mass is 10.3. The molecule has 7 nitrogen and oxygen atoms in total. The molecule has 1 amide bonds. The normalized spacial score (nSPS) is 10.1. The number of carbonyl (C=O) groups excluding carboxylic acids is 1. The average molecular weight is 311 g/mol. The zero-order chi connectivity index (χ0) is 13.1. The zero-order valence-corrected chi connectivity index (χ0v) is 10.4. The number of carbonyl (C=O) groups is 1. The molecular weight excluding hydrogens is 304 g/mol. The number of hydrogen-bond donors (Lipinski definition) is 3. The summed E-state index contributed by atoms with van der Waals surface area (Å²) in [5, 5.41) is 2.43. The van der Waals surface area contributed by atoms with Gasteiger partial charge in [-0.25, -0.2) is 9.78 Å². The van der Waals surface area contributed by atoms with Gasteiger partial charge in [0.1, 0.15) is 11.4 Å². The van der Waals surface area contributed by atoms with Crippen molar-refractivity contribution in [2.24, 2.45) is 0 Å². The van der Waals surface area contributed by atoms with Crippen molar-refractivity contribution in [1.29, 1.82) is 0 Å². The smallest absolute Gasteiger partial charge is 0.313 e. The van der Waals surface area contributed by atoms with Crippen LogP contribution in [-0.2, 0) is 0 Å². The van der Waals surface area contributed by atoms with Gasteiger partial charge in [0.25, 0.3) is 11.5 Å². The Kier molecular flexibility index (Phi) is 3.38. The van der Waals surface area contributed by atoms with E-state index < -0.39 is 17.2 Å². The van der Waals surface area contributed by atoms with Gasteiger partial charge in [-0.1, -0.05) is 0 Å².